The Balaban J connectivity index is 1.76. The minimum Gasteiger partial charge on any atom is -0.466 e. The lowest BCUT2D eigenvalue weighted by Crippen LogP contribution is -2.37. The number of ether oxygens (including phenoxy) is 1. The lowest BCUT2D eigenvalue weighted by Gasteiger charge is -2.10. The van der Waals surface area contributed by atoms with Crippen LogP contribution in [0.2, 0.25) is 0 Å². The molecule has 0 N–H and O–H groups in total. The molecule has 0 radical (unpaired) electrons. The molecule has 35 heavy (non-hydrogen) atoms. The molecule has 5 aromatic rings. The zero-order chi connectivity index (χ0) is 24.9. The highest BCUT2D eigenvalue weighted by molar-refractivity contribution is 5.79. The van der Waals surface area contributed by atoms with E-state index in [1.807, 2.05) is 66.2 Å². The van der Waals surface area contributed by atoms with Gasteiger partial charge in [0.1, 0.15) is 0 Å². The molecular weight excluding hydrogens is 446 g/mol. The van der Waals surface area contributed by atoms with Gasteiger partial charge in [-0.2, -0.15) is 4.98 Å². The third-order valence-electron chi connectivity index (χ3n) is 6.16. The maximum atomic E-state index is 13.1. The summed E-state index contributed by atoms with van der Waals surface area (Å²) in [6, 6.07) is 15.7. The summed E-state index contributed by atoms with van der Waals surface area (Å²) in [7, 11) is 3.07. The molecule has 0 aliphatic carbocycles. The van der Waals surface area contributed by atoms with Crippen molar-refractivity contribution in [1.29, 1.82) is 0 Å². The van der Waals surface area contributed by atoms with Crippen molar-refractivity contribution in [3.05, 3.63) is 86.7 Å². The lowest BCUT2D eigenvalue weighted by molar-refractivity contribution is -0.142. The van der Waals surface area contributed by atoms with E-state index in [0.29, 0.717) is 23.5 Å². The molecule has 0 fully saturated rings. The molecule has 0 bridgehead atoms. The number of aromatic nitrogens is 5. The van der Waals surface area contributed by atoms with E-state index in [9.17, 15) is 14.4 Å². The van der Waals surface area contributed by atoms with Crippen molar-refractivity contribution in [1.82, 2.24) is 23.1 Å². The summed E-state index contributed by atoms with van der Waals surface area (Å²) in [5.74, 6) is 0.229. The first-order valence-electron chi connectivity index (χ1n) is 11.3. The molecule has 178 valence electrons. The van der Waals surface area contributed by atoms with E-state index in [2.05, 4.69) is 0 Å². The molecule has 3 heterocycles. The number of esters is 1. The van der Waals surface area contributed by atoms with Crippen LogP contribution in [0, 0.1) is 6.92 Å². The minimum atomic E-state index is -0.433. The summed E-state index contributed by atoms with van der Waals surface area (Å²) in [4.78, 5) is 42.1. The fourth-order valence-corrected chi connectivity index (χ4v) is 4.29. The molecule has 0 spiro atoms. The molecule has 5 rings (SSSR count). The van der Waals surface area contributed by atoms with E-state index >= 15 is 0 Å². The standard InChI is InChI=1S/C26H25N5O4/c1-5-35-21(32)14-17-8-12-19(13-9-17)31-20(18-10-6-16(2)7-11-18)15-30-22-23(27-25(30)31)28(3)26(34)29(4)24(22)33/h6-13,15H,5,14H2,1-4H3. The minimum absolute atomic E-state index is 0.186. The van der Waals surface area contributed by atoms with Gasteiger partial charge in [0.15, 0.2) is 11.2 Å². The summed E-state index contributed by atoms with van der Waals surface area (Å²) in [5, 5.41) is 0. The smallest absolute Gasteiger partial charge is 0.332 e. The number of carbonyl (C=O) groups is 1. The summed E-state index contributed by atoms with van der Waals surface area (Å²) in [5.41, 5.74) is 4.36. The number of rotatable bonds is 5. The number of aryl methyl sites for hydroxylation is 2. The van der Waals surface area contributed by atoms with Crippen LogP contribution in [0.5, 0.6) is 0 Å². The number of hydrogen-bond donors (Lipinski definition) is 0. The Labute approximate surface area is 200 Å². The maximum absolute atomic E-state index is 13.1. The first-order valence-corrected chi connectivity index (χ1v) is 11.3. The van der Waals surface area contributed by atoms with Gasteiger partial charge in [-0.15, -0.1) is 0 Å². The topological polar surface area (TPSA) is 92.5 Å². The fourth-order valence-electron chi connectivity index (χ4n) is 4.29. The van der Waals surface area contributed by atoms with Crippen LogP contribution in [0.4, 0.5) is 0 Å². The molecular formula is C26H25N5O4. The average molecular weight is 472 g/mol. The van der Waals surface area contributed by atoms with Crippen molar-refractivity contribution in [3.63, 3.8) is 0 Å². The van der Waals surface area contributed by atoms with Gasteiger partial charge < -0.3 is 4.74 Å². The third-order valence-corrected chi connectivity index (χ3v) is 6.16. The van der Waals surface area contributed by atoms with E-state index < -0.39 is 11.2 Å². The van der Waals surface area contributed by atoms with E-state index in [1.54, 1.807) is 18.4 Å². The van der Waals surface area contributed by atoms with E-state index in [0.717, 1.165) is 32.6 Å². The van der Waals surface area contributed by atoms with Crippen molar-refractivity contribution < 1.29 is 9.53 Å². The number of nitrogens with zero attached hydrogens (tertiary/aromatic N) is 5. The Bertz CT molecular complexity index is 1700. The normalized spacial score (nSPS) is 11.4. The molecule has 9 nitrogen and oxygen atoms in total. The summed E-state index contributed by atoms with van der Waals surface area (Å²) >= 11 is 0. The lowest BCUT2D eigenvalue weighted by atomic mass is 10.1. The van der Waals surface area contributed by atoms with Crippen LogP contribution in [0.3, 0.4) is 0 Å². The summed E-state index contributed by atoms with van der Waals surface area (Å²) in [6.07, 6.45) is 2.05. The van der Waals surface area contributed by atoms with Gasteiger partial charge in [-0.25, -0.2) is 4.79 Å². The second-order valence-electron chi connectivity index (χ2n) is 8.52. The molecule has 0 saturated carbocycles. The SMILES string of the molecule is CCOC(=O)Cc1ccc(-n2c(-c3ccc(C)cc3)cn3c4c(=O)n(C)c(=O)n(C)c4nc23)cc1. The zero-order valence-corrected chi connectivity index (χ0v) is 20.0. The molecule has 0 aliphatic heterocycles. The van der Waals surface area contributed by atoms with Gasteiger partial charge in [0, 0.05) is 31.5 Å². The molecule has 9 heteroatoms. The van der Waals surface area contributed by atoms with Gasteiger partial charge in [0.05, 0.1) is 18.7 Å². The van der Waals surface area contributed by atoms with E-state index in [4.69, 9.17) is 9.72 Å². The first-order chi connectivity index (χ1) is 16.8. The highest BCUT2D eigenvalue weighted by atomic mass is 16.5. The Morgan fingerprint density at radius 1 is 0.971 bits per heavy atom. The number of benzene rings is 2. The van der Waals surface area contributed by atoms with Crippen LogP contribution in [0.25, 0.3) is 33.9 Å². The van der Waals surface area contributed by atoms with Crippen LogP contribution in [0.15, 0.2) is 64.3 Å². The van der Waals surface area contributed by atoms with Crippen LogP contribution >= 0.6 is 0 Å². The number of imidazole rings is 2. The van der Waals surface area contributed by atoms with Crippen molar-refractivity contribution in [2.75, 3.05) is 6.61 Å². The van der Waals surface area contributed by atoms with Crippen molar-refractivity contribution in [3.8, 4) is 16.9 Å². The number of hydrogen-bond acceptors (Lipinski definition) is 5. The predicted octanol–water partition coefficient (Wildman–Crippen LogP) is 2.76. The maximum Gasteiger partial charge on any atom is 0.332 e. The Morgan fingerprint density at radius 3 is 2.31 bits per heavy atom. The zero-order valence-electron chi connectivity index (χ0n) is 20.0. The van der Waals surface area contributed by atoms with Gasteiger partial charge in [0.2, 0.25) is 5.78 Å². The first kappa shape index (κ1) is 22.4. The molecule has 2 aromatic carbocycles. The van der Waals surface area contributed by atoms with Crippen molar-refractivity contribution in [2.24, 2.45) is 14.1 Å². The van der Waals surface area contributed by atoms with Gasteiger partial charge in [-0.1, -0.05) is 42.0 Å². The molecule has 0 amide bonds. The van der Waals surface area contributed by atoms with Gasteiger partial charge in [-0.3, -0.25) is 27.7 Å². The van der Waals surface area contributed by atoms with Crippen molar-refractivity contribution in [2.45, 2.75) is 20.3 Å². The van der Waals surface area contributed by atoms with Gasteiger partial charge in [-0.05, 0) is 31.5 Å². The molecule has 0 aliphatic rings. The Hall–Kier alpha value is -4.40. The second-order valence-corrected chi connectivity index (χ2v) is 8.52. The van der Waals surface area contributed by atoms with Gasteiger partial charge >= 0.3 is 11.7 Å². The Kier molecular flexibility index (Phi) is 5.39. The number of carbonyl (C=O) groups excluding carboxylic acids is 1. The van der Waals surface area contributed by atoms with Crippen LogP contribution < -0.4 is 11.2 Å². The summed E-state index contributed by atoms with van der Waals surface area (Å²) < 4.78 is 11.2. The number of fused-ring (bicyclic) bond motifs is 3. The largest absolute Gasteiger partial charge is 0.466 e. The highest BCUT2D eigenvalue weighted by Gasteiger charge is 2.21. The monoisotopic (exact) mass is 471 g/mol. The molecule has 0 atom stereocenters. The van der Waals surface area contributed by atoms with Crippen LogP contribution in [-0.4, -0.2) is 35.7 Å². The van der Waals surface area contributed by atoms with Crippen LogP contribution in [-0.2, 0) is 30.0 Å². The summed E-state index contributed by atoms with van der Waals surface area (Å²) in [6.45, 7) is 4.14. The Morgan fingerprint density at radius 2 is 1.66 bits per heavy atom. The molecule has 0 saturated heterocycles. The van der Waals surface area contributed by atoms with E-state index in [1.165, 1.54) is 11.6 Å². The highest BCUT2D eigenvalue weighted by Crippen LogP contribution is 2.29. The van der Waals surface area contributed by atoms with E-state index in [-0.39, 0.29) is 12.4 Å². The van der Waals surface area contributed by atoms with Gasteiger partial charge in [0.25, 0.3) is 5.56 Å². The van der Waals surface area contributed by atoms with Crippen LogP contribution in [0.1, 0.15) is 18.1 Å². The average Bonchev–Trinajstić information content (AvgIpc) is 3.39. The van der Waals surface area contributed by atoms with Crippen molar-refractivity contribution >= 4 is 22.9 Å². The predicted molar refractivity (Wildman–Crippen MR) is 133 cm³/mol. The molecule has 3 aromatic heterocycles. The quantitative estimate of drug-likeness (QED) is 0.368. The fraction of sp³-hybridized carbons (Fsp3) is 0.231. The third kappa shape index (κ3) is 3.65. The molecule has 0 unspecified atom stereocenters. The second kappa shape index (κ2) is 8.43.